The van der Waals surface area contributed by atoms with Crippen LogP contribution in [-0.4, -0.2) is 44.3 Å². The van der Waals surface area contributed by atoms with E-state index in [-0.39, 0.29) is 11.6 Å². The van der Waals surface area contributed by atoms with Gasteiger partial charge in [0.1, 0.15) is 6.04 Å². The van der Waals surface area contributed by atoms with Crippen molar-refractivity contribution in [2.75, 3.05) is 6.54 Å². The summed E-state index contributed by atoms with van der Waals surface area (Å²) in [6.45, 7) is 0.426. The molecule has 1 aromatic heterocycles. The Morgan fingerprint density at radius 1 is 1.22 bits per heavy atom. The summed E-state index contributed by atoms with van der Waals surface area (Å²) in [6, 6.07) is 5.79. The summed E-state index contributed by atoms with van der Waals surface area (Å²) in [5.74, 6) is -1.37. The average molecular weight is 354 g/mol. The van der Waals surface area contributed by atoms with E-state index >= 15 is 0 Å². The highest BCUT2D eigenvalue weighted by Gasteiger charge is 2.35. The van der Waals surface area contributed by atoms with Crippen LogP contribution in [0, 0.1) is 0 Å². The van der Waals surface area contributed by atoms with E-state index in [9.17, 15) is 14.7 Å². The van der Waals surface area contributed by atoms with Crippen molar-refractivity contribution in [3.05, 3.63) is 46.2 Å². The molecule has 1 aliphatic heterocycles. The molecule has 0 aliphatic carbocycles. The van der Waals surface area contributed by atoms with E-state index in [1.807, 2.05) is 0 Å². The summed E-state index contributed by atoms with van der Waals surface area (Å²) in [7, 11) is 0. The van der Waals surface area contributed by atoms with Crippen LogP contribution >= 0.6 is 23.2 Å². The zero-order chi connectivity index (χ0) is 16.6. The normalized spacial score (nSPS) is 17.5. The number of carbonyl (C=O) groups is 2. The standard InChI is InChI=1S/C15H13Cl2N3O3/c16-10-4-3-9(8-11(10)17)20-7-5-12(18-20)14(21)19-6-1-2-13(19)15(22)23/h3-5,7-8,13H,1-2,6H2,(H,22,23)/t13-/m1/s1. The summed E-state index contributed by atoms with van der Waals surface area (Å²) in [4.78, 5) is 25.0. The molecule has 1 aromatic carbocycles. The quantitative estimate of drug-likeness (QED) is 0.920. The second-order valence-corrected chi connectivity index (χ2v) is 6.05. The van der Waals surface area contributed by atoms with Crippen molar-refractivity contribution in [3.63, 3.8) is 0 Å². The third-order valence-corrected chi connectivity index (χ3v) is 4.51. The van der Waals surface area contributed by atoms with Crippen LogP contribution in [0.2, 0.25) is 10.0 Å². The number of nitrogens with zero attached hydrogens (tertiary/aromatic N) is 3. The zero-order valence-corrected chi connectivity index (χ0v) is 13.5. The van der Waals surface area contributed by atoms with Gasteiger partial charge in [-0.3, -0.25) is 4.79 Å². The monoisotopic (exact) mass is 353 g/mol. The summed E-state index contributed by atoms with van der Waals surface area (Å²) in [5.41, 5.74) is 0.860. The maximum Gasteiger partial charge on any atom is 0.326 e. The molecular formula is C15H13Cl2N3O3. The lowest BCUT2D eigenvalue weighted by atomic mass is 10.2. The van der Waals surface area contributed by atoms with Crippen LogP contribution in [-0.2, 0) is 4.79 Å². The lowest BCUT2D eigenvalue weighted by Gasteiger charge is -2.20. The number of hydrogen-bond acceptors (Lipinski definition) is 3. The largest absolute Gasteiger partial charge is 0.480 e. The number of carbonyl (C=O) groups excluding carboxylic acids is 1. The van der Waals surface area contributed by atoms with Crippen molar-refractivity contribution in [2.24, 2.45) is 0 Å². The Bertz CT molecular complexity index is 775. The molecule has 23 heavy (non-hydrogen) atoms. The number of aromatic nitrogens is 2. The molecule has 3 rings (SSSR count). The lowest BCUT2D eigenvalue weighted by molar-refractivity contribution is -0.141. The molecule has 1 N–H and O–H groups in total. The molecule has 1 fully saturated rings. The third kappa shape index (κ3) is 3.04. The van der Waals surface area contributed by atoms with Gasteiger partial charge in [0.25, 0.3) is 5.91 Å². The molecule has 1 atom stereocenters. The Kier molecular flexibility index (Phi) is 4.28. The van der Waals surface area contributed by atoms with Crippen molar-refractivity contribution in [1.82, 2.24) is 14.7 Å². The summed E-state index contributed by atoms with van der Waals surface area (Å²) >= 11 is 11.9. The predicted molar refractivity (Wildman–Crippen MR) is 85.3 cm³/mol. The molecule has 0 spiro atoms. The number of likely N-dealkylation sites (tertiary alicyclic amines) is 1. The maximum atomic E-state index is 12.5. The van der Waals surface area contributed by atoms with Crippen LogP contribution < -0.4 is 0 Å². The van der Waals surface area contributed by atoms with Gasteiger partial charge in [0.15, 0.2) is 5.69 Å². The van der Waals surface area contributed by atoms with Gasteiger partial charge < -0.3 is 10.0 Å². The number of benzene rings is 1. The van der Waals surface area contributed by atoms with Crippen molar-refractivity contribution in [2.45, 2.75) is 18.9 Å². The van der Waals surface area contributed by atoms with Gasteiger partial charge in [-0.15, -0.1) is 0 Å². The van der Waals surface area contributed by atoms with E-state index in [1.165, 1.54) is 9.58 Å². The summed E-state index contributed by atoms with van der Waals surface area (Å²) in [5, 5.41) is 14.2. The number of carboxylic acids is 1. The zero-order valence-electron chi connectivity index (χ0n) is 11.9. The number of carboxylic acid groups (broad SMARTS) is 1. The fourth-order valence-electron chi connectivity index (χ4n) is 2.62. The smallest absolute Gasteiger partial charge is 0.326 e. The Morgan fingerprint density at radius 2 is 2.00 bits per heavy atom. The fourth-order valence-corrected chi connectivity index (χ4v) is 2.92. The molecule has 0 bridgehead atoms. The summed E-state index contributed by atoms with van der Waals surface area (Å²) < 4.78 is 1.50. The van der Waals surface area contributed by atoms with Crippen LogP contribution in [0.1, 0.15) is 23.3 Å². The molecule has 0 unspecified atom stereocenters. The number of aliphatic carboxylic acids is 1. The van der Waals surface area contributed by atoms with Crippen LogP contribution in [0.3, 0.4) is 0 Å². The highest BCUT2D eigenvalue weighted by atomic mass is 35.5. The lowest BCUT2D eigenvalue weighted by Crippen LogP contribution is -2.40. The number of amides is 1. The minimum absolute atomic E-state index is 0.198. The number of rotatable bonds is 3. The minimum Gasteiger partial charge on any atom is -0.480 e. The minimum atomic E-state index is -0.986. The summed E-state index contributed by atoms with van der Waals surface area (Å²) in [6.07, 6.45) is 2.77. The van der Waals surface area contributed by atoms with Gasteiger partial charge >= 0.3 is 5.97 Å². The molecule has 120 valence electrons. The predicted octanol–water partition coefficient (Wildman–Crippen LogP) is 2.87. The topological polar surface area (TPSA) is 75.4 Å². The van der Waals surface area contributed by atoms with Crippen LogP contribution in [0.15, 0.2) is 30.5 Å². The first kappa shape index (κ1) is 15.8. The van der Waals surface area contributed by atoms with E-state index in [2.05, 4.69) is 5.10 Å². The third-order valence-electron chi connectivity index (χ3n) is 3.77. The average Bonchev–Trinajstić information content (AvgIpc) is 3.18. The number of halogens is 2. The van der Waals surface area contributed by atoms with Gasteiger partial charge in [-0.05, 0) is 37.1 Å². The van der Waals surface area contributed by atoms with Gasteiger partial charge in [0.05, 0.1) is 15.7 Å². The van der Waals surface area contributed by atoms with Gasteiger partial charge in [-0.25, -0.2) is 9.48 Å². The van der Waals surface area contributed by atoms with Crippen molar-refractivity contribution >= 4 is 35.1 Å². The molecule has 1 aliphatic rings. The van der Waals surface area contributed by atoms with Gasteiger partial charge in [-0.1, -0.05) is 23.2 Å². The second kappa shape index (κ2) is 6.22. The van der Waals surface area contributed by atoms with Gasteiger partial charge in [0, 0.05) is 12.7 Å². The molecule has 0 saturated carbocycles. The Labute approximate surface area is 142 Å². The van der Waals surface area contributed by atoms with Gasteiger partial charge in [-0.2, -0.15) is 5.10 Å². The maximum absolute atomic E-state index is 12.5. The van der Waals surface area contributed by atoms with E-state index in [4.69, 9.17) is 23.2 Å². The Morgan fingerprint density at radius 3 is 2.70 bits per heavy atom. The van der Waals surface area contributed by atoms with Gasteiger partial charge in [0.2, 0.25) is 0 Å². The molecule has 0 radical (unpaired) electrons. The van der Waals surface area contributed by atoms with Crippen LogP contribution in [0.4, 0.5) is 0 Å². The van der Waals surface area contributed by atoms with Crippen molar-refractivity contribution in [3.8, 4) is 5.69 Å². The van der Waals surface area contributed by atoms with E-state index in [0.29, 0.717) is 35.1 Å². The van der Waals surface area contributed by atoms with E-state index < -0.39 is 12.0 Å². The first-order valence-corrected chi connectivity index (χ1v) is 7.78. The highest BCUT2D eigenvalue weighted by molar-refractivity contribution is 6.42. The first-order valence-electron chi connectivity index (χ1n) is 7.02. The molecule has 2 aromatic rings. The molecule has 1 amide bonds. The van der Waals surface area contributed by atoms with E-state index in [0.717, 1.165) is 0 Å². The van der Waals surface area contributed by atoms with Crippen molar-refractivity contribution < 1.29 is 14.7 Å². The molecule has 8 heteroatoms. The number of hydrogen-bond donors (Lipinski definition) is 1. The fraction of sp³-hybridized carbons (Fsp3) is 0.267. The Hall–Kier alpha value is -2.05. The molecule has 2 heterocycles. The van der Waals surface area contributed by atoms with Crippen LogP contribution in [0.5, 0.6) is 0 Å². The van der Waals surface area contributed by atoms with E-state index in [1.54, 1.807) is 30.5 Å². The second-order valence-electron chi connectivity index (χ2n) is 5.24. The molecule has 6 nitrogen and oxygen atoms in total. The molecular weight excluding hydrogens is 341 g/mol. The SMILES string of the molecule is O=C(O)[C@H]1CCCN1C(=O)c1ccn(-c2ccc(Cl)c(Cl)c2)n1. The van der Waals surface area contributed by atoms with Crippen LogP contribution in [0.25, 0.3) is 5.69 Å². The molecule has 1 saturated heterocycles. The highest BCUT2D eigenvalue weighted by Crippen LogP contribution is 2.25. The Balaban J connectivity index is 1.85. The van der Waals surface area contributed by atoms with Crippen molar-refractivity contribution in [1.29, 1.82) is 0 Å². The first-order chi connectivity index (χ1) is 11.0.